The molecular weight excluding hydrogens is 244 g/mol. The Bertz CT molecular complexity index is 592. The largest absolute Gasteiger partial charge is 0.385 e. The number of aryl methyl sites for hydroxylation is 2. The van der Waals surface area contributed by atoms with Crippen molar-refractivity contribution in [2.24, 2.45) is 0 Å². The molecule has 0 radical (unpaired) electrons. The van der Waals surface area contributed by atoms with Gasteiger partial charge in [0.1, 0.15) is 0 Å². The number of anilines is 2. The second kappa shape index (κ2) is 5.51. The first-order valence-corrected chi connectivity index (χ1v) is 6.06. The maximum atomic E-state index is 12.1. The summed E-state index contributed by atoms with van der Waals surface area (Å²) in [7, 11) is 0. The van der Waals surface area contributed by atoms with E-state index in [0.717, 1.165) is 17.8 Å². The maximum absolute atomic E-state index is 12.1. The van der Waals surface area contributed by atoms with Crippen LogP contribution in [0.3, 0.4) is 0 Å². The SMILES string of the molecule is CCNc1ccc(C(=O)Nc2nc(C)no2)c(C)c1. The third-order valence-corrected chi connectivity index (χ3v) is 2.60. The zero-order valence-corrected chi connectivity index (χ0v) is 11.2. The van der Waals surface area contributed by atoms with E-state index in [9.17, 15) is 4.79 Å². The lowest BCUT2D eigenvalue weighted by molar-refractivity contribution is 0.102. The van der Waals surface area contributed by atoms with Gasteiger partial charge in [-0.15, -0.1) is 0 Å². The van der Waals surface area contributed by atoms with Gasteiger partial charge in [0.15, 0.2) is 5.82 Å². The van der Waals surface area contributed by atoms with Crippen LogP contribution in [-0.4, -0.2) is 22.6 Å². The molecule has 0 aliphatic carbocycles. The molecular formula is C13H16N4O2. The van der Waals surface area contributed by atoms with Gasteiger partial charge in [-0.1, -0.05) is 5.16 Å². The van der Waals surface area contributed by atoms with E-state index in [0.29, 0.717) is 11.4 Å². The van der Waals surface area contributed by atoms with Gasteiger partial charge in [0.25, 0.3) is 5.91 Å². The average molecular weight is 260 g/mol. The highest BCUT2D eigenvalue weighted by Crippen LogP contribution is 2.16. The van der Waals surface area contributed by atoms with Gasteiger partial charge in [-0.05, 0) is 44.5 Å². The van der Waals surface area contributed by atoms with Gasteiger partial charge < -0.3 is 9.84 Å². The van der Waals surface area contributed by atoms with Crippen LogP contribution >= 0.6 is 0 Å². The Morgan fingerprint density at radius 3 is 2.74 bits per heavy atom. The van der Waals surface area contributed by atoms with Crippen LogP contribution in [0.15, 0.2) is 22.7 Å². The van der Waals surface area contributed by atoms with Crippen molar-refractivity contribution < 1.29 is 9.32 Å². The lowest BCUT2D eigenvalue weighted by Crippen LogP contribution is -2.14. The van der Waals surface area contributed by atoms with Crippen LogP contribution < -0.4 is 10.6 Å². The highest BCUT2D eigenvalue weighted by Gasteiger charge is 2.12. The number of hydrogen-bond donors (Lipinski definition) is 2. The number of amides is 1. The van der Waals surface area contributed by atoms with Crippen molar-refractivity contribution in [2.75, 3.05) is 17.2 Å². The summed E-state index contributed by atoms with van der Waals surface area (Å²) in [6.07, 6.45) is 0. The lowest BCUT2D eigenvalue weighted by Gasteiger charge is -2.08. The van der Waals surface area contributed by atoms with Gasteiger partial charge in [-0.25, -0.2) is 0 Å². The van der Waals surface area contributed by atoms with E-state index < -0.39 is 0 Å². The first kappa shape index (κ1) is 13.1. The van der Waals surface area contributed by atoms with Crippen LogP contribution in [0.5, 0.6) is 0 Å². The Morgan fingerprint density at radius 2 is 2.16 bits per heavy atom. The minimum atomic E-state index is -0.260. The minimum absolute atomic E-state index is 0.109. The van der Waals surface area contributed by atoms with Crippen molar-refractivity contribution >= 4 is 17.6 Å². The molecule has 6 nitrogen and oxygen atoms in total. The number of rotatable bonds is 4. The van der Waals surface area contributed by atoms with Gasteiger partial charge in [0.2, 0.25) is 0 Å². The van der Waals surface area contributed by atoms with Gasteiger partial charge in [0, 0.05) is 17.8 Å². The van der Waals surface area contributed by atoms with Crippen LogP contribution in [0.2, 0.25) is 0 Å². The van der Waals surface area contributed by atoms with Gasteiger partial charge in [-0.2, -0.15) is 4.98 Å². The summed E-state index contributed by atoms with van der Waals surface area (Å²) in [5, 5.41) is 9.38. The summed E-state index contributed by atoms with van der Waals surface area (Å²) in [6, 6.07) is 5.67. The number of benzene rings is 1. The van der Waals surface area contributed by atoms with Gasteiger partial charge >= 0.3 is 6.01 Å². The van der Waals surface area contributed by atoms with Crippen molar-refractivity contribution in [1.82, 2.24) is 10.1 Å². The molecule has 0 saturated heterocycles. The molecule has 2 rings (SSSR count). The molecule has 2 N–H and O–H groups in total. The molecule has 2 aromatic rings. The van der Waals surface area contributed by atoms with E-state index in [1.165, 1.54) is 0 Å². The molecule has 1 aromatic heterocycles. The second-order valence-corrected chi connectivity index (χ2v) is 4.16. The third kappa shape index (κ3) is 3.09. The summed E-state index contributed by atoms with van der Waals surface area (Å²) < 4.78 is 4.85. The van der Waals surface area contributed by atoms with E-state index in [1.54, 1.807) is 13.0 Å². The van der Waals surface area contributed by atoms with Crippen molar-refractivity contribution in [1.29, 1.82) is 0 Å². The molecule has 1 amide bonds. The fourth-order valence-corrected chi connectivity index (χ4v) is 1.74. The molecule has 6 heteroatoms. The van der Waals surface area contributed by atoms with Crippen molar-refractivity contribution in [3.63, 3.8) is 0 Å². The van der Waals surface area contributed by atoms with E-state index in [1.807, 2.05) is 26.0 Å². The molecule has 0 unspecified atom stereocenters. The van der Waals surface area contributed by atoms with Crippen LogP contribution in [0.1, 0.15) is 28.7 Å². The molecule has 0 atom stereocenters. The smallest absolute Gasteiger partial charge is 0.328 e. The quantitative estimate of drug-likeness (QED) is 0.882. The summed E-state index contributed by atoms with van der Waals surface area (Å²) >= 11 is 0. The van der Waals surface area contributed by atoms with E-state index in [4.69, 9.17) is 4.52 Å². The molecule has 0 saturated carbocycles. The summed E-state index contributed by atoms with van der Waals surface area (Å²) in [6.45, 7) is 6.44. The number of hydrogen-bond acceptors (Lipinski definition) is 5. The van der Waals surface area contributed by atoms with Gasteiger partial charge in [-0.3, -0.25) is 10.1 Å². The van der Waals surface area contributed by atoms with E-state index in [2.05, 4.69) is 20.8 Å². The van der Waals surface area contributed by atoms with Crippen LogP contribution in [-0.2, 0) is 0 Å². The molecule has 0 aliphatic rings. The Kier molecular flexibility index (Phi) is 3.79. The Hall–Kier alpha value is -2.37. The molecule has 1 heterocycles. The number of carbonyl (C=O) groups excluding carboxylic acids is 1. The standard InChI is InChI=1S/C13H16N4O2/c1-4-14-10-5-6-11(8(2)7-10)12(18)16-13-15-9(3)17-19-13/h5-7,14H,4H2,1-3H3,(H,15,16,17,18). The van der Waals surface area contributed by atoms with E-state index in [-0.39, 0.29) is 11.9 Å². The molecule has 19 heavy (non-hydrogen) atoms. The number of aromatic nitrogens is 2. The highest BCUT2D eigenvalue weighted by molar-refractivity contribution is 6.04. The fourth-order valence-electron chi connectivity index (χ4n) is 1.74. The first-order valence-electron chi connectivity index (χ1n) is 6.06. The van der Waals surface area contributed by atoms with Crippen LogP contribution in [0.4, 0.5) is 11.7 Å². The fraction of sp³-hybridized carbons (Fsp3) is 0.308. The Morgan fingerprint density at radius 1 is 1.37 bits per heavy atom. The van der Waals surface area contributed by atoms with Crippen molar-refractivity contribution in [3.05, 3.63) is 35.2 Å². The Labute approximate surface area is 111 Å². The maximum Gasteiger partial charge on any atom is 0.328 e. The molecule has 0 fully saturated rings. The van der Waals surface area contributed by atoms with Crippen molar-refractivity contribution in [2.45, 2.75) is 20.8 Å². The third-order valence-electron chi connectivity index (χ3n) is 2.60. The normalized spacial score (nSPS) is 10.3. The number of nitrogens with one attached hydrogen (secondary N) is 2. The predicted molar refractivity (Wildman–Crippen MR) is 72.3 cm³/mol. The zero-order valence-electron chi connectivity index (χ0n) is 11.2. The minimum Gasteiger partial charge on any atom is -0.385 e. The average Bonchev–Trinajstić information content (AvgIpc) is 2.75. The van der Waals surface area contributed by atoms with Crippen molar-refractivity contribution in [3.8, 4) is 0 Å². The van der Waals surface area contributed by atoms with Crippen LogP contribution in [0.25, 0.3) is 0 Å². The summed E-state index contributed by atoms with van der Waals surface area (Å²) in [4.78, 5) is 16.0. The first-order chi connectivity index (χ1) is 9.10. The molecule has 0 aliphatic heterocycles. The topological polar surface area (TPSA) is 80.0 Å². The summed E-state index contributed by atoms with van der Waals surface area (Å²) in [5.41, 5.74) is 2.45. The lowest BCUT2D eigenvalue weighted by atomic mass is 10.1. The van der Waals surface area contributed by atoms with Crippen LogP contribution in [0, 0.1) is 13.8 Å². The van der Waals surface area contributed by atoms with E-state index >= 15 is 0 Å². The number of nitrogens with zero attached hydrogens (tertiary/aromatic N) is 2. The zero-order chi connectivity index (χ0) is 13.8. The Balaban J connectivity index is 2.15. The molecule has 0 spiro atoms. The monoisotopic (exact) mass is 260 g/mol. The molecule has 100 valence electrons. The summed E-state index contributed by atoms with van der Waals surface area (Å²) in [5.74, 6) is 0.221. The highest BCUT2D eigenvalue weighted by atomic mass is 16.5. The predicted octanol–water partition coefficient (Wildman–Crippen LogP) is 2.37. The molecule has 1 aromatic carbocycles. The van der Waals surface area contributed by atoms with Gasteiger partial charge in [0.05, 0.1) is 0 Å². The number of carbonyl (C=O) groups is 1. The second-order valence-electron chi connectivity index (χ2n) is 4.16. The molecule has 0 bridgehead atoms.